The lowest BCUT2D eigenvalue weighted by Gasteiger charge is -2.17. The number of hydrogen-bond donors (Lipinski definition) is 1. The summed E-state index contributed by atoms with van der Waals surface area (Å²) in [6, 6.07) is 0. The summed E-state index contributed by atoms with van der Waals surface area (Å²) in [5, 5.41) is 1.20. The van der Waals surface area contributed by atoms with E-state index in [2.05, 4.69) is 0 Å². The average molecular weight is 158 g/mol. The van der Waals surface area contributed by atoms with Crippen LogP contribution in [0.1, 0.15) is 19.8 Å². The Kier molecular flexibility index (Phi) is 2.84. The lowest BCUT2D eigenvalue weighted by molar-refractivity contribution is -0.130. The molecule has 11 heavy (non-hydrogen) atoms. The number of nitrogens with two attached hydrogens (primary N) is 1. The molecule has 4 nitrogen and oxygen atoms in total. The Hall–Kier alpha value is -0.610. The monoisotopic (exact) mass is 158 g/mol. The van der Waals surface area contributed by atoms with Gasteiger partial charge in [0.2, 0.25) is 5.91 Å². The first kappa shape index (κ1) is 8.49. The molecule has 1 atom stereocenters. The third kappa shape index (κ3) is 2.48. The molecule has 2 N–H and O–H groups in total. The van der Waals surface area contributed by atoms with Crippen molar-refractivity contribution >= 4 is 5.91 Å². The van der Waals surface area contributed by atoms with Gasteiger partial charge in [0.05, 0.1) is 12.6 Å². The standard InChI is InChI=1S/C7H14N2O2/c1-6(10)9(8)5-7-3-2-4-11-7/h7H,2-5,8H2,1H3. The summed E-state index contributed by atoms with van der Waals surface area (Å²) in [6.07, 6.45) is 2.25. The zero-order chi connectivity index (χ0) is 8.27. The molecule has 1 amide bonds. The van der Waals surface area contributed by atoms with Crippen LogP contribution >= 0.6 is 0 Å². The fourth-order valence-corrected chi connectivity index (χ4v) is 1.14. The highest BCUT2D eigenvalue weighted by Gasteiger charge is 2.18. The highest BCUT2D eigenvalue weighted by Crippen LogP contribution is 2.11. The van der Waals surface area contributed by atoms with Crippen LogP contribution in [-0.2, 0) is 9.53 Å². The Bertz CT molecular complexity index is 143. The molecule has 0 saturated carbocycles. The van der Waals surface area contributed by atoms with Crippen molar-refractivity contribution in [2.75, 3.05) is 13.2 Å². The minimum atomic E-state index is -0.111. The van der Waals surface area contributed by atoms with E-state index in [1.807, 2.05) is 0 Å². The minimum absolute atomic E-state index is 0.111. The number of rotatable bonds is 2. The van der Waals surface area contributed by atoms with Crippen LogP contribution < -0.4 is 5.84 Å². The van der Waals surface area contributed by atoms with E-state index >= 15 is 0 Å². The number of hydrogen-bond acceptors (Lipinski definition) is 3. The lowest BCUT2D eigenvalue weighted by Crippen LogP contribution is -2.41. The molecule has 1 aliphatic heterocycles. The van der Waals surface area contributed by atoms with Crippen LogP contribution in [0.3, 0.4) is 0 Å². The van der Waals surface area contributed by atoms with Gasteiger partial charge >= 0.3 is 0 Å². The van der Waals surface area contributed by atoms with Crippen molar-refractivity contribution in [3.8, 4) is 0 Å². The zero-order valence-corrected chi connectivity index (χ0v) is 6.75. The van der Waals surface area contributed by atoms with Crippen LogP contribution in [0.2, 0.25) is 0 Å². The topological polar surface area (TPSA) is 55.6 Å². The third-order valence-corrected chi connectivity index (χ3v) is 1.83. The zero-order valence-electron chi connectivity index (χ0n) is 6.75. The summed E-state index contributed by atoms with van der Waals surface area (Å²) in [4.78, 5) is 10.7. The maximum atomic E-state index is 10.7. The Morgan fingerprint density at radius 2 is 2.55 bits per heavy atom. The molecular weight excluding hydrogens is 144 g/mol. The number of nitrogens with zero attached hydrogens (tertiary/aromatic N) is 1. The van der Waals surface area contributed by atoms with Crippen LogP contribution in [0, 0.1) is 0 Å². The average Bonchev–Trinajstić information content (AvgIpc) is 2.39. The van der Waals surface area contributed by atoms with Gasteiger partial charge in [-0.15, -0.1) is 0 Å². The molecule has 1 heterocycles. The van der Waals surface area contributed by atoms with Gasteiger partial charge in [0.1, 0.15) is 0 Å². The molecule has 1 aliphatic rings. The van der Waals surface area contributed by atoms with Gasteiger partial charge in [-0.3, -0.25) is 9.80 Å². The van der Waals surface area contributed by atoms with E-state index in [0.29, 0.717) is 6.54 Å². The van der Waals surface area contributed by atoms with Crippen LogP contribution in [0.25, 0.3) is 0 Å². The SMILES string of the molecule is CC(=O)N(N)CC1CCCO1. The normalized spacial score (nSPS) is 23.6. The smallest absolute Gasteiger partial charge is 0.233 e. The van der Waals surface area contributed by atoms with E-state index < -0.39 is 0 Å². The Balaban J connectivity index is 2.23. The fourth-order valence-electron chi connectivity index (χ4n) is 1.14. The van der Waals surface area contributed by atoms with E-state index in [0.717, 1.165) is 19.4 Å². The Morgan fingerprint density at radius 3 is 3.00 bits per heavy atom. The van der Waals surface area contributed by atoms with Crippen molar-refractivity contribution < 1.29 is 9.53 Å². The number of carbonyl (C=O) groups is 1. The predicted molar refractivity (Wildman–Crippen MR) is 40.5 cm³/mol. The second-order valence-corrected chi connectivity index (χ2v) is 2.81. The summed E-state index contributed by atoms with van der Waals surface area (Å²) >= 11 is 0. The van der Waals surface area contributed by atoms with E-state index in [4.69, 9.17) is 10.6 Å². The highest BCUT2D eigenvalue weighted by atomic mass is 16.5. The third-order valence-electron chi connectivity index (χ3n) is 1.83. The van der Waals surface area contributed by atoms with Crippen molar-refractivity contribution in [1.29, 1.82) is 0 Å². The molecule has 0 aromatic carbocycles. The van der Waals surface area contributed by atoms with Gasteiger partial charge in [-0.25, -0.2) is 5.84 Å². The molecule has 4 heteroatoms. The van der Waals surface area contributed by atoms with E-state index in [-0.39, 0.29) is 12.0 Å². The van der Waals surface area contributed by atoms with Crippen LogP contribution in [0.15, 0.2) is 0 Å². The molecule has 64 valence electrons. The first-order valence-electron chi connectivity index (χ1n) is 3.84. The van der Waals surface area contributed by atoms with Crippen LogP contribution in [0.5, 0.6) is 0 Å². The molecule has 0 aliphatic carbocycles. The van der Waals surface area contributed by atoms with Gasteiger partial charge in [0.15, 0.2) is 0 Å². The summed E-state index contributed by atoms with van der Waals surface area (Å²) in [5.74, 6) is 5.29. The molecule has 1 rings (SSSR count). The maximum absolute atomic E-state index is 10.7. The molecule has 1 saturated heterocycles. The largest absolute Gasteiger partial charge is 0.376 e. The van der Waals surface area contributed by atoms with Crippen molar-refractivity contribution in [2.24, 2.45) is 5.84 Å². The van der Waals surface area contributed by atoms with Gasteiger partial charge in [-0.05, 0) is 12.8 Å². The van der Waals surface area contributed by atoms with Gasteiger partial charge in [-0.1, -0.05) is 0 Å². The van der Waals surface area contributed by atoms with Crippen LogP contribution in [-0.4, -0.2) is 30.2 Å². The van der Waals surface area contributed by atoms with Crippen LogP contribution in [0.4, 0.5) is 0 Å². The lowest BCUT2D eigenvalue weighted by atomic mass is 10.2. The van der Waals surface area contributed by atoms with Crippen molar-refractivity contribution in [2.45, 2.75) is 25.9 Å². The quantitative estimate of drug-likeness (QED) is 0.346. The molecule has 0 radical (unpaired) electrons. The number of ether oxygens (including phenoxy) is 1. The Morgan fingerprint density at radius 1 is 1.82 bits per heavy atom. The van der Waals surface area contributed by atoms with Crippen molar-refractivity contribution in [1.82, 2.24) is 5.01 Å². The van der Waals surface area contributed by atoms with E-state index in [1.54, 1.807) is 0 Å². The molecule has 0 spiro atoms. The fraction of sp³-hybridized carbons (Fsp3) is 0.857. The highest BCUT2D eigenvalue weighted by molar-refractivity contribution is 5.72. The predicted octanol–water partition coefficient (Wildman–Crippen LogP) is -0.112. The summed E-state index contributed by atoms with van der Waals surface area (Å²) in [5.41, 5.74) is 0. The summed E-state index contributed by atoms with van der Waals surface area (Å²) in [6.45, 7) is 2.78. The van der Waals surface area contributed by atoms with E-state index in [1.165, 1.54) is 11.9 Å². The molecule has 1 unspecified atom stereocenters. The summed E-state index contributed by atoms with van der Waals surface area (Å²) in [7, 11) is 0. The van der Waals surface area contributed by atoms with Gasteiger partial charge in [0.25, 0.3) is 0 Å². The first-order chi connectivity index (χ1) is 5.20. The van der Waals surface area contributed by atoms with Gasteiger partial charge < -0.3 is 4.74 Å². The number of hydrazine groups is 1. The van der Waals surface area contributed by atoms with Crippen molar-refractivity contribution in [3.05, 3.63) is 0 Å². The van der Waals surface area contributed by atoms with Crippen molar-refractivity contribution in [3.63, 3.8) is 0 Å². The van der Waals surface area contributed by atoms with Gasteiger partial charge in [0, 0.05) is 13.5 Å². The molecule has 0 aromatic rings. The molecule has 0 aromatic heterocycles. The minimum Gasteiger partial charge on any atom is -0.376 e. The Labute approximate surface area is 66.3 Å². The van der Waals surface area contributed by atoms with Gasteiger partial charge in [-0.2, -0.15) is 0 Å². The number of amides is 1. The second-order valence-electron chi connectivity index (χ2n) is 2.81. The first-order valence-corrected chi connectivity index (χ1v) is 3.84. The molecule has 0 bridgehead atoms. The number of carbonyl (C=O) groups excluding carboxylic acids is 1. The maximum Gasteiger partial charge on any atom is 0.233 e. The molecule has 1 fully saturated rings. The second kappa shape index (κ2) is 3.69. The molecular formula is C7H14N2O2. The summed E-state index contributed by atoms with van der Waals surface area (Å²) < 4.78 is 5.30. The van der Waals surface area contributed by atoms with E-state index in [9.17, 15) is 4.79 Å².